The summed E-state index contributed by atoms with van der Waals surface area (Å²) < 4.78 is 44.1. The Kier molecular flexibility index (Phi) is 8.22. The number of nitrogens with zero attached hydrogens (tertiary/aromatic N) is 1. The topological polar surface area (TPSA) is 123 Å². The molecular weight excluding hydrogens is 534 g/mol. The van der Waals surface area contributed by atoms with Gasteiger partial charge in [0.05, 0.1) is 25.2 Å². The molecular formula is C30H31NO8S. The van der Waals surface area contributed by atoms with Crippen molar-refractivity contribution in [1.29, 1.82) is 0 Å². The number of carbonyl (C=O) groups is 1. The van der Waals surface area contributed by atoms with Gasteiger partial charge < -0.3 is 24.4 Å². The van der Waals surface area contributed by atoms with Crippen LogP contribution in [0.3, 0.4) is 0 Å². The van der Waals surface area contributed by atoms with Crippen molar-refractivity contribution in [3.05, 3.63) is 95.3 Å². The van der Waals surface area contributed by atoms with Crippen molar-refractivity contribution < 1.29 is 37.6 Å². The molecule has 210 valence electrons. The van der Waals surface area contributed by atoms with Gasteiger partial charge in [0, 0.05) is 25.4 Å². The number of carboxylic acids is 1. The lowest BCUT2D eigenvalue weighted by Crippen LogP contribution is -2.37. The predicted molar refractivity (Wildman–Crippen MR) is 147 cm³/mol. The number of benzene rings is 3. The van der Waals surface area contributed by atoms with Crippen LogP contribution >= 0.6 is 0 Å². The third kappa shape index (κ3) is 5.62. The standard InChI is InChI=1S/C30H31NO8S/c1-37-22-9-11-23(12-10-22)40(35,36)31(13-15-32)14-16-38-29-19-21(18-28(39-29)30(33)34)25-7-4-8-26-24-6-3-2-5-20(24)17-27(25)26/h2-12,18,21,29,32H,13-17,19H2,1H3,(H,33,34)/t21-,29+/m0/s1. The minimum atomic E-state index is -3.91. The van der Waals surface area contributed by atoms with Crippen LogP contribution in [0.5, 0.6) is 5.75 Å². The Labute approximate surface area is 233 Å². The number of hydrogen-bond acceptors (Lipinski definition) is 7. The molecule has 3 aromatic rings. The molecule has 5 rings (SSSR count). The normalized spacial score (nSPS) is 18.0. The summed E-state index contributed by atoms with van der Waals surface area (Å²) in [6, 6.07) is 20.3. The number of hydrogen-bond donors (Lipinski definition) is 2. The van der Waals surface area contributed by atoms with E-state index in [1.165, 1.54) is 30.4 Å². The first-order chi connectivity index (χ1) is 19.3. The zero-order chi connectivity index (χ0) is 28.3. The molecule has 0 saturated carbocycles. The van der Waals surface area contributed by atoms with Gasteiger partial charge in [-0.2, -0.15) is 4.31 Å². The summed E-state index contributed by atoms with van der Waals surface area (Å²) in [4.78, 5) is 12.0. The Bertz CT molecular complexity index is 1520. The van der Waals surface area contributed by atoms with Gasteiger partial charge in [-0.05, 0) is 64.6 Å². The molecule has 40 heavy (non-hydrogen) atoms. The number of aliphatic carboxylic acids is 1. The molecule has 0 radical (unpaired) electrons. The van der Waals surface area contributed by atoms with Gasteiger partial charge in [-0.25, -0.2) is 13.2 Å². The summed E-state index contributed by atoms with van der Waals surface area (Å²) in [6.07, 6.45) is 1.86. The van der Waals surface area contributed by atoms with Crippen LogP contribution < -0.4 is 4.74 Å². The van der Waals surface area contributed by atoms with Crippen molar-refractivity contribution in [2.75, 3.05) is 33.4 Å². The van der Waals surface area contributed by atoms with Crippen molar-refractivity contribution >= 4 is 16.0 Å². The number of carboxylic acid groups (broad SMARTS) is 1. The van der Waals surface area contributed by atoms with Gasteiger partial charge in [0.1, 0.15) is 5.75 Å². The molecule has 3 aromatic carbocycles. The van der Waals surface area contributed by atoms with E-state index in [4.69, 9.17) is 14.2 Å². The van der Waals surface area contributed by atoms with Gasteiger partial charge in [-0.1, -0.05) is 42.5 Å². The first-order valence-corrected chi connectivity index (χ1v) is 14.4. The van der Waals surface area contributed by atoms with Crippen molar-refractivity contribution in [3.63, 3.8) is 0 Å². The average Bonchev–Trinajstić information content (AvgIpc) is 3.35. The summed E-state index contributed by atoms with van der Waals surface area (Å²) in [5.74, 6) is -1.13. The predicted octanol–water partition coefficient (Wildman–Crippen LogP) is 3.76. The molecule has 2 aliphatic rings. The molecule has 0 saturated heterocycles. The zero-order valence-electron chi connectivity index (χ0n) is 22.0. The maximum absolute atomic E-state index is 13.2. The quantitative estimate of drug-likeness (QED) is 0.282. The van der Waals surface area contributed by atoms with E-state index in [0.717, 1.165) is 27.4 Å². The highest BCUT2D eigenvalue weighted by Crippen LogP contribution is 2.42. The molecule has 0 fully saturated rings. The first kappa shape index (κ1) is 27.9. The molecule has 0 bridgehead atoms. The van der Waals surface area contributed by atoms with Gasteiger partial charge in [-0.15, -0.1) is 0 Å². The van der Waals surface area contributed by atoms with E-state index >= 15 is 0 Å². The van der Waals surface area contributed by atoms with E-state index in [-0.39, 0.29) is 42.9 Å². The molecule has 0 unspecified atom stereocenters. The van der Waals surface area contributed by atoms with Crippen LogP contribution in [0, 0.1) is 0 Å². The minimum Gasteiger partial charge on any atom is -0.497 e. The van der Waals surface area contributed by atoms with Gasteiger partial charge in [0.15, 0.2) is 0 Å². The molecule has 0 spiro atoms. The summed E-state index contributed by atoms with van der Waals surface area (Å²) in [6.45, 7) is -0.604. The van der Waals surface area contributed by atoms with Crippen LogP contribution in [-0.4, -0.2) is 68.6 Å². The smallest absolute Gasteiger partial charge is 0.370 e. The molecule has 10 heteroatoms. The van der Waals surface area contributed by atoms with Crippen LogP contribution in [0.25, 0.3) is 11.1 Å². The summed E-state index contributed by atoms with van der Waals surface area (Å²) >= 11 is 0. The Balaban J connectivity index is 1.31. The molecule has 2 atom stereocenters. The number of aliphatic hydroxyl groups is 1. The molecule has 1 aliphatic heterocycles. The summed E-state index contributed by atoms with van der Waals surface area (Å²) in [5.41, 5.74) is 5.74. The number of rotatable bonds is 11. The van der Waals surface area contributed by atoms with Crippen LogP contribution in [0.4, 0.5) is 0 Å². The Morgan fingerprint density at radius 2 is 1.77 bits per heavy atom. The Morgan fingerprint density at radius 3 is 2.50 bits per heavy atom. The number of sulfonamides is 1. The van der Waals surface area contributed by atoms with Crippen molar-refractivity contribution in [3.8, 4) is 16.9 Å². The fourth-order valence-corrected chi connectivity index (χ4v) is 6.72. The maximum atomic E-state index is 13.2. The van der Waals surface area contributed by atoms with E-state index in [1.54, 1.807) is 18.2 Å². The lowest BCUT2D eigenvalue weighted by molar-refractivity contribution is -0.157. The molecule has 1 aliphatic carbocycles. The van der Waals surface area contributed by atoms with Crippen LogP contribution in [0.2, 0.25) is 0 Å². The first-order valence-electron chi connectivity index (χ1n) is 13.0. The number of fused-ring (bicyclic) bond motifs is 3. The molecule has 0 aromatic heterocycles. The highest BCUT2D eigenvalue weighted by atomic mass is 32.2. The molecule has 1 heterocycles. The number of allylic oxidation sites excluding steroid dienone is 1. The summed E-state index contributed by atoms with van der Waals surface area (Å²) in [5, 5.41) is 19.2. The highest BCUT2D eigenvalue weighted by Gasteiger charge is 2.32. The second-order valence-corrected chi connectivity index (χ2v) is 11.5. The number of methoxy groups -OCH3 is 1. The van der Waals surface area contributed by atoms with E-state index in [1.807, 2.05) is 24.3 Å². The second kappa shape index (κ2) is 11.8. The highest BCUT2D eigenvalue weighted by molar-refractivity contribution is 7.89. The molecule has 0 amide bonds. The molecule has 2 N–H and O–H groups in total. The fraction of sp³-hybridized carbons (Fsp3) is 0.300. The lowest BCUT2D eigenvalue weighted by Gasteiger charge is -2.30. The SMILES string of the molecule is COc1ccc(S(=O)(=O)N(CCO)CCO[C@H]2C[C@@H](c3cccc4c3Cc3ccccc3-4)C=C(C(=O)O)O2)cc1. The van der Waals surface area contributed by atoms with Gasteiger partial charge >= 0.3 is 5.97 Å². The van der Waals surface area contributed by atoms with E-state index in [2.05, 4.69) is 18.2 Å². The third-order valence-corrected chi connectivity index (χ3v) is 9.16. The van der Waals surface area contributed by atoms with Gasteiger partial charge in [0.2, 0.25) is 22.1 Å². The van der Waals surface area contributed by atoms with Crippen molar-refractivity contribution in [2.45, 2.75) is 29.9 Å². The summed E-state index contributed by atoms with van der Waals surface area (Å²) in [7, 11) is -2.42. The minimum absolute atomic E-state index is 0.0540. The van der Waals surface area contributed by atoms with Crippen molar-refractivity contribution in [1.82, 2.24) is 4.31 Å². The van der Waals surface area contributed by atoms with Crippen LogP contribution in [0.1, 0.15) is 29.0 Å². The van der Waals surface area contributed by atoms with E-state index in [9.17, 15) is 23.4 Å². The maximum Gasteiger partial charge on any atom is 0.370 e. The molecule has 9 nitrogen and oxygen atoms in total. The van der Waals surface area contributed by atoms with Crippen molar-refractivity contribution in [2.24, 2.45) is 0 Å². The number of ether oxygens (including phenoxy) is 3. The monoisotopic (exact) mass is 565 g/mol. The number of aliphatic hydroxyl groups excluding tert-OH is 1. The van der Waals surface area contributed by atoms with Crippen LogP contribution in [-0.2, 0) is 30.7 Å². The Morgan fingerprint density at radius 1 is 1.02 bits per heavy atom. The zero-order valence-corrected chi connectivity index (χ0v) is 22.8. The van der Waals surface area contributed by atoms with E-state index < -0.39 is 22.3 Å². The lowest BCUT2D eigenvalue weighted by atomic mass is 9.87. The average molecular weight is 566 g/mol. The van der Waals surface area contributed by atoms with Gasteiger partial charge in [-0.3, -0.25) is 0 Å². The second-order valence-electron chi connectivity index (χ2n) is 9.61. The fourth-order valence-electron chi connectivity index (χ4n) is 5.30. The van der Waals surface area contributed by atoms with Gasteiger partial charge in [0.25, 0.3) is 0 Å². The largest absolute Gasteiger partial charge is 0.497 e. The van der Waals surface area contributed by atoms with E-state index in [0.29, 0.717) is 12.2 Å². The third-order valence-electron chi connectivity index (χ3n) is 7.25. The Hall–Kier alpha value is -3.70. The van der Waals surface area contributed by atoms with Crippen LogP contribution in [0.15, 0.2) is 83.5 Å².